The van der Waals surface area contributed by atoms with Gasteiger partial charge < -0.3 is 5.32 Å². The maximum absolute atomic E-state index is 11.5. The van der Waals surface area contributed by atoms with Crippen molar-refractivity contribution in [1.29, 1.82) is 0 Å². The van der Waals surface area contributed by atoms with Gasteiger partial charge in [-0.25, -0.2) is 4.98 Å². The number of rotatable bonds is 2. The summed E-state index contributed by atoms with van der Waals surface area (Å²) in [6.45, 7) is 0. The first-order valence-corrected chi connectivity index (χ1v) is 5.25. The largest absolute Gasteiger partial charge is 0.357 e. The van der Waals surface area contributed by atoms with Gasteiger partial charge in [0.1, 0.15) is 11.9 Å². The molecule has 0 spiro atoms. The summed E-state index contributed by atoms with van der Waals surface area (Å²) in [5, 5.41) is 5.62. The number of aromatic nitrogens is 1. The van der Waals surface area contributed by atoms with Crippen LogP contribution in [0.25, 0.3) is 0 Å². The molecule has 84 valence electrons. The molecule has 1 aliphatic rings. The average Bonchev–Trinajstić information content (AvgIpc) is 2.25. The number of imide groups is 1. The van der Waals surface area contributed by atoms with Crippen molar-refractivity contribution in [2.75, 3.05) is 5.32 Å². The third-order valence-corrected chi connectivity index (χ3v) is 2.61. The smallest absolute Gasteiger partial charge is 0.249 e. The number of amides is 2. The van der Waals surface area contributed by atoms with Crippen LogP contribution < -0.4 is 10.6 Å². The van der Waals surface area contributed by atoms with Gasteiger partial charge in [0.25, 0.3) is 0 Å². The Hall–Kier alpha value is -1.62. The lowest BCUT2D eigenvalue weighted by Crippen LogP contribution is -2.47. The van der Waals surface area contributed by atoms with E-state index in [1.807, 2.05) is 0 Å². The number of nitrogens with zero attached hydrogens (tertiary/aromatic N) is 1. The Bertz CT molecular complexity index is 436. The second kappa shape index (κ2) is 4.49. The van der Waals surface area contributed by atoms with Gasteiger partial charge in [0, 0.05) is 12.6 Å². The van der Waals surface area contributed by atoms with Crippen LogP contribution in [-0.4, -0.2) is 22.8 Å². The molecule has 0 radical (unpaired) electrons. The van der Waals surface area contributed by atoms with Crippen LogP contribution in [0.2, 0.25) is 5.02 Å². The molecule has 6 heteroatoms. The van der Waals surface area contributed by atoms with E-state index in [2.05, 4.69) is 15.6 Å². The van der Waals surface area contributed by atoms with Crippen molar-refractivity contribution >= 4 is 29.2 Å². The molecule has 2 N–H and O–H groups in total. The van der Waals surface area contributed by atoms with Gasteiger partial charge in [-0.15, -0.1) is 0 Å². The van der Waals surface area contributed by atoms with Crippen molar-refractivity contribution in [1.82, 2.24) is 10.3 Å². The van der Waals surface area contributed by atoms with Crippen LogP contribution in [0.15, 0.2) is 18.3 Å². The predicted octanol–water partition coefficient (Wildman–Crippen LogP) is 0.952. The van der Waals surface area contributed by atoms with Crippen molar-refractivity contribution in [2.24, 2.45) is 0 Å². The summed E-state index contributed by atoms with van der Waals surface area (Å²) in [6.07, 6.45) is 2.37. The number of carbonyl (C=O) groups is 2. The fourth-order valence-corrected chi connectivity index (χ4v) is 1.66. The first-order chi connectivity index (χ1) is 7.66. The predicted molar refractivity (Wildman–Crippen MR) is 59.0 cm³/mol. The molecule has 0 saturated carbocycles. The summed E-state index contributed by atoms with van der Waals surface area (Å²) in [7, 11) is 0. The third kappa shape index (κ3) is 2.30. The lowest BCUT2D eigenvalue weighted by Gasteiger charge is -2.22. The monoisotopic (exact) mass is 239 g/mol. The van der Waals surface area contributed by atoms with Gasteiger partial charge >= 0.3 is 0 Å². The summed E-state index contributed by atoms with van der Waals surface area (Å²) in [6, 6.07) is 2.94. The van der Waals surface area contributed by atoms with Crippen molar-refractivity contribution in [3.8, 4) is 0 Å². The molecule has 5 nitrogen and oxygen atoms in total. The molecule has 1 unspecified atom stereocenters. The number of anilines is 1. The minimum atomic E-state index is -0.454. The zero-order valence-corrected chi connectivity index (χ0v) is 9.12. The van der Waals surface area contributed by atoms with E-state index in [1.54, 1.807) is 18.3 Å². The molecule has 0 bridgehead atoms. The second-order valence-corrected chi connectivity index (χ2v) is 3.89. The molecule has 1 aliphatic heterocycles. The zero-order chi connectivity index (χ0) is 11.5. The molecular weight excluding hydrogens is 230 g/mol. The molecule has 1 atom stereocenters. The van der Waals surface area contributed by atoms with E-state index in [0.29, 0.717) is 23.7 Å². The Labute approximate surface area is 97.2 Å². The van der Waals surface area contributed by atoms with E-state index < -0.39 is 6.04 Å². The van der Waals surface area contributed by atoms with Crippen LogP contribution in [0.4, 0.5) is 5.82 Å². The van der Waals surface area contributed by atoms with Crippen LogP contribution in [0.5, 0.6) is 0 Å². The van der Waals surface area contributed by atoms with Gasteiger partial charge in [-0.1, -0.05) is 11.6 Å². The summed E-state index contributed by atoms with van der Waals surface area (Å²) in [5.74, 6) is -0.119. The molecule has 1 fully saturated rings. The van der Waals surface area contributed by atoms with Crippen LogP contribution >= 0.6 is 11.6 Å². The van der Waals surface area contributed by atoms with Gasteiger partial charge in [-0.05, 0) is 18.6 Å². The van der Waals surface area contributed by atoms with E-state index in [0.717, 1.165) is 0 Å². The molecule has 1 aromatic rings. The number of hydrogen-bond acceptors (Lipinski definition) is 4. The standard InChI is InChI=1S/C10H10ClN3O2/c11-6-2-1-5-12-9(6)13-7-3-4-8(15)14-10(7)16/h1-2,5,7H,3-4H2,(H,12,13)(H,14,15,16). The van der Waals surface area contributed by atoms with Crippen molar-refractivity contribution in [3.63, 3.8) is 0 Å². The van der Waals surface area contributed by atoms with Gasteiger partial charge in [-0.3, -0.25) is 14.9 Å². The Morgan fingerprint density at radius 2 is 2.31 bits per heavy atom. The summed E-state index contributed by atoms with van der Waals surface area (Å²) >= 11 is 5.90. The molecule has 1 saturated heterocycles. The normalized spacial score (nSPS) is 20.4. The second-order valence-electron chi connectivity index (χ2n) is 3.48. The number of halogens is 1. The maximum atomic E-state index is 11.5. The highest BCUT2D eigenvalue weighted by atomic mass is 35.5. The quantitative estimate of drug-likeness (QED) is 0.754. The molecular formula is C10H10ClN3O2. The highest BCUT2D eigenvalue weighted by molar-refractivity contribution is 6.32. The fourth-order valence-electron chi connectivity index (χ4n) is 1.49. The van der Waals surface area contributed by atoms with E-state index in [-0.39, 0.29) is 11.8 Å². The molecule has 16 heavy (non-hydrogen) atoms. The van der Waals surface area contributed by atoms with E-state index >= 15 is 0 Å². The molecule has 1 aromatic heterocycles. The third-order valence-electron chi connectivity index (χ3n) is 2.31. The highest BCUT2D eigenvalue weighted by Crippen LogP contribution is 2.20. The highest BCUT2D eigenvalue weighted by Gasteiger charge is 2.26. The lowest BCUT2D eigenvalue weighted by atomic mass is 10.1. The topological polar surface area (TPSA) is 71.1 Å². The minimum Gasteiger partial charge on any atom is -0.357 e. The van der Waals surface area contributed by atoms with E-state index in [1.165, 1.54) is 0 Å². The van der Waals surface area contributed by atoms with Crippen LogP contribution in [0, 0.1) is 0 Å². The molecule has 2 rings (SSSR count). The van der Waals surface area contributed by atoms with Gasteiger partial charge in [-0.2, -0.15) is 0 Å². The average molecular weight is 240 g/mol. The first kappa shape index (κ1) is 10.9. The van der Waals surface area contributed by atoms with E-state index in [9.17, 15) is 9.59 Å². The van der Waals surface area contributed by atoms with Crippen molar-refractivity contribution in [3.05, 3.63) is 23.4 Å². The van der Waals surface area contributed by atoms with Crippen LogP contribution in [0.3, 0.4) is 0 Å². The van der Waals surface area contributed by atoms with Crippen LogP contribution in [-0.2, 0) is 9.59 Å². The Kier molecular flexibility index (Phi) is 3.05. The first-order valence-electron chi connectivity index (χ1n) is 4.87. The van der Waals surface area contributed by atoms with Gasteiger partial charge in [0.05, 0.1) is 5.02 Å². The fraction of sp³-hybridized carbons (Fsp3) is 0.300. The number of piperidine rings is 1. The van der Waals surface area contributed by atoms with E-state index in [4.69, 9.17) is 11.6 Å². The Balaban J connectivity index is 2.08. The summed E-state index contributed by atoms with van der Waals surface area (Å²) in [4.78, 5) is 26.4. The minimum absolute atomic E-state index is 0.241. The van der Waals surface area contributed by atoms with Gasteiger partial charge in [0.15, 0.2) is 0 Å². The van der Waals surface area contributed by atoms with Gasteiger partial charge in [0.2, 0.25) is 11.8 Å². The summed E-state index contributed by atoms with van der Waals surface area (Å²) < 4.78 is 0. The van der Waals surface area contributed by atoms with Crippen molar-refractivity contribution < 1.29 is 9.59 Å². The number of hydrogen-bond donors (Lipinski definition) is 2. The Morgan fingerprint density at radius 1 is 1.50 bits per heavy atom. The molecule has 2 amide bonds. The number of carbonyl (C=O) groups excluding carboxylic acids is 2. The molecule has 0 aromatic carbocycles. The maximum Gasteiger partial charge on any atom is 0.249 e. The Morgan fingerprint density at radius 3 is 3.00 bits per heavy atom. The number of nitrogens with one attached hydrogen (secondary N) is 2. The SMILES string of the molecule is O=C1CCC(Nc2ncccc2Cl)C(=O)N1. The lowest BCUT2D eigenvalue weighted by molar-refractivity contribution is -0.133. The summed E-state index contributed by atoms with van der Waals surface area (Å²) in [5.41, 5.74) is 0. The molecule has 0 aliphatic carbocycles. The molecule has 2 heterocycles. The number of pyridine rings is 1. The van der Waals surface area contributed by atoms with Crippen molar-refractivity contribution in [2.45, 2.75) is 18.9 Å². The van der Waals surface area contributed by atoms with Crippen LogP contribution in [0.1, 0.15) is 12.8 Å². The zero-order valence-electron chi connectivity index (χ0n) is 8.37.